The predicted octanol–water partition coefficient (Wildman–Crippen LogP) is 4.77. The highest BCUT2D eigenvalue weighted by molar-refractivity contribution is 5.46. The van der Waals surface area contributed by atoms with E-state index in [2.05, 4.69) is 38.1 Å². The van der Waals surface area contributed by atoms with Gasteiger partial charge in [-0.15, -0.1) is 0 Å². The standard InChI is InChI=1S/C20H26O2/c1-15(2)9-12-19-17(13-18(21)14-20(19)22-3)11-10-16-7-5-4-6-8-16/h4-8,13-15,21H,9-12H2,1-3H3. The molecule has 0 fully saturated rings. The molecule has 0 radical (unpaired) electrons. The summed E-state index contributed by atoms with van der Waals surface area (Å²) in [6, 6.07) is 14.1. The Morgan fingerprint density at radius 1 is 1.00 bits per heavy atom. The summed E-state index contributed by atoms with van der Waals surface area (Å²) in [5.74, 6) is 1.75. The van der Waals surface area contributed by atoms with Gasteiger partial charge >= 0.3 is 0 Å². The number of hydrogen-bond donors (Lipinski definition) is 1. The number of phenolic OH excluding ortho intramolecular Hbond substituents is 1. The minimum Gasteiger partial charge on any atom is -0.508 e. The molecule has 1 N–H and O–H groups in total. The van der Waals surface area contributed by atoms with Crippen LogP contribution in [0.2, 0.25) is 0 Å². The maximum absolute atomic E-state index is 9.94. The largest absolute Gasteiger partial charge is 0.508 e. The Hall–Kier alpha value is -1.96. The number of benzene rings is 2. The van der Waals surface area contributed by atoms with E-state index in [-0.39, 0.29) is 5.75 Å². The molecule has 2 rings (SSSR count). The zero-order valence-electron chi connectivity index (χ0n) is 13.8. The highest BCUT2D eigenvalue weighted by Crippen LogP contribution is 2.31. The number of methoxy groups -OCH3 is 1. The van der Waals surface area contributed by atoms with E-state index in [0.717, 1.165) is 31.4 Å². The van der Waals surface area contributed by atoms with E-state index in [0.29, 0.717) is 5.92 Å². The molecule has 0 atom stereocenters. The molecule has 2 aromatic carbocycles. The van der Waals surface area contributed by atoms with Gasteiger partial charge in [0.2, 0.25) is 0 Å². The van der Waals surface area contributed by atoms with Crippen molar-refractivity contribution in [3.05, 3.63) is 59.2 Å². The summed E-state index contributed by atoms with van der Waals surface area (Å²) in [7, 11) is 1.68. The van der Waals surface area contributed by atoms with Crippen molar-refractivity contribution in [2.24, 2.45) is 5.92 Å². The van der Waals surface area contributed by atoms with E-state index in [9.17, 15) is 5.11 Å². The number of phenols is 1. The Balaban J connectivity index is 2.21. The van der Waals surface area contributed by atoms with E-state index >= 15 is 0 Å². The molecule has 0 bridgehead atoms. The summed E-state index contributed by atoms with van der Waals surface area (Å²) in [5.41, 5.74) is 3.76. The number of hydrogen-bond acceptors (Lipinski definition) is 2. The lowest BCUT2D eigenvalue weighted by Crippen LogP contribution is -2.03. The Labute approximate surface area is 133 Å². The van der Waals surface area contributed by atoms with Crippen molar-refractivity contribution in [1.29, 1.82) is 0 Å². The molecule has 0 amide bonds. The third-order valence-electron chi connectivity index (χ3n) is 4.00. The zero-order chi connectivity index (χ0) is 15.9. The fraction of sp³-hybridized carbons (Fsp3) is 0.400. The van der Waals surface area contributed by atoms with Crippen LogP contribution in [0.3, 0.4) is 0 Å². The molecule has 0 aromatic heterocycles. The molecule has 0 unspecified atom stereocenters. The number of aromatic hydroxyl groups is 1. The van der Waals surface area contributed by atoms with Crippen LogP contribution in [0.15, 0.2) is 42.5 Å². The van der Waals surface area contributed by atoms with Crippen LogP contribution in [0.4, 0.5) is 0 Å². The Morgan fingerprint density at radius 2 is 1.73 bits per heavy atom. The van der Waals surface area contributed by atoms with Gasteiger partial charge in [-0.1, -0.05) is 44.2 Å². The van der Waals surface area contributed by atoms with Crippen LogP contribution in [0.25, 0.3) is 0 Å². The van der Waals surface area contributed by atoms with Crippen molar-refractivity contribution in [3.63, 3.8) is 0 Å². The fourth-order valence-electron chi connectivity index (χ4n) is 2.73. The van der Waals surface area contributed by atoms with Crippen LogP contribution in [0, 0.1) is 5.92 Å². The summed E-state index contributed by atoms with van der Waals surface area (Å²) < 4.78 is 5.49. The number of ether oxygens (including phenoxy) is 1. The lowest BCUT2D eigenvalue weighted by molar-refractivity contribution is 0.399. The van der Waals surface area contributed by atoms with Gasteiger partial charge in [-0.2, -0.15) is 0 Å². The van der Waals surface area contributed by atoms with Gasteiger partial charge in [-0.05, 0) is 54.4 Å². The lowest BCUT2D eigenvalue weighted by Gasteiger charge is -2.16. The Morgan fingerprint density at radius 3 is 2.36 bits per heavy atom. The van der Waals surface area contributed by atoms with E-state index in [1.165, 1.54) is 16.7 Å². The average molecular weight is 298 g/mol. The first-order chi connectivity index (χ1) is 10.6. The fourth-order valence-corrected chi connectivity index (χ4v) is 2.73. The predicted molar refractivity (Wildman–Crippen MR) is 91.7 cm³/mol. The van der Waals surface area contributed by atoms with Gasteiger partial charge in [-0.3, -0.25) is 0 Å². The van der Waals surface area contributed by atoms with E-state index in [4.69, 9.17) is 4.74 Å². The zero-order valence-corrected chi connectivity index (χ0v) is 13.8. The van der Waals surface area contributed by atoms with Gasteiger partial charge in [0.05, 0.1) is 7.11 Å². The van der Waals surface area contributed by atoms with E-state index in [1.807, 2.05) is 12.1 Å². The minimum absolute atomic E-state index is 0.285. The van der Waals surface area contributed by atoms with Crippen LogP contribution in [0.1, 0.15) is 37.0 Å². The van der Waals surface area contributed by atoms with Crippen molar-refractivity contribution < 1.29 is 9.84 Å². The maximum Gasteiger partial charge on any atom is 0.126 e. The smallest absolute Gasteiger partial charge is 0.126 e. The average Bonchev–Trinajstić information content (AvgIpc) is 2.52. The SMILES string of the molecule is COc1cc(O)cc(CCc2ccccc2)c1CCC(C)C. The van der Waals surface area contributed by atoms with E-state index in [1.54, 1.807) is 13.2 Å². The van der Waals surface area contributed by atoms with Crippen LogP contribution in [-0.2, 0) is 19.3 Å². The van der Waals surface area contributed by atoms with Gasteiger partial charge < -0.3 is 9.84 Å². The number of aryl methyl sites for hydroxylation is 2. The second-order valence-electron chi connectivity index (χ2n) is 6.20. The van der Waals surface area contributed by atoms with Gasteiger partial charge in [0.25, 0.3) is 0 Å². The first-order valence-corrected chi connectivity index (χ1v) is 8.02. The summed E-state index contributed by atoms with van der Waals surface area (Å²) in [6.45, 7) is 4.47. The number of rotatable bonds is 7. The summed E-state index contributed by atoms with van der Waals surface area (Å²) in [5, 5.41) is 9.94. The lowest BCUT2D eigenvalue weighted by atomic mass is 9.93. The molecule has 0 aliphatic carbocycles. The molecule has 22 heavy (non-hydrogen) atoms. The van der Waals surface area contributed by atoms with Crippen molar-refractivity contribution in [2.45, 2.75) is 39.5 Å². The summed E-state index contributed by atoms with van der Waals surface area (Å²) in [4.78, 5) is 0. The highest BCUT2D eigenvalue weighted by Gasteiger charge is 2.12. The van der Waals surface area contributed by atoms with Gasteiger partial charge in [0.1, 0.15) is 11.5 Å². The van der Waals surface area contributed by atoms with Crippen LogP contribution < -0.4 is 4.74 Å². The second kappa shape index (κ2) is 7.88. The topological polar surface area (TPSA) is 29.5 Å². The highest BCUT2D eigenvalue weighted by atomic mass is 16.5. The quantitative estimate of drug-likeness (QED) is 0.797. The molecule has 2 nitrogen and oxygen atoms in total. The monoisotopic (exact) mass is 298 g/mol. The molecular weight excluding hydrogens is 272 g/mol. The normalized spacial score (nSPS) is 10.9. The summed E-state index contributed by atoms with van der Waals surface area (Å²) in [6.07, 6.45) is 4.01. The van der Waals surface area contributed by atoms with Gasteiger partial charge in [0.15, 0.2) is 0 Å². The van der Waals surface area contributed by atoms with Gasteiger partial charge in [0, 0.05) is 6.07 Å². The molecule has 0 aliphatic rings. The third kappa shape index (κ3) is 4.52. The molecule has 0 aliphatic heterocycles. The first kappa shape index (κ1) is 16.4. The Kier molecular flexibility index (Phi) is 5.88. The van der Waals surface area contributed by atoms with Crippen molar-refractivity contribution in [3.8, 4) is 11.5 Å². The van der Waals surface area contributed by atoms with Crippen molar-refractivity contribution >= 4 is 0 Å². The van der Waals surface area contributed by atoms with Crippen LogP contribution in [0.5, 0.6) is 11.5 Å². The molecule has 2 heteroatoms. The molecule has 0 heterocycles. The molecule has 0 saturated carbocycles. The molecule has 2 aromatic rings. The first-order valence-electron chi connectivity index (χ1n) is 8.02. The van der Waals surface area contributed by atoms with Crippen molar-refractivity contribution in [1.82, 2.24) is 0 Å². The summed E-state index contributed by atoms with van der Waals surface area (Å²) >= 11 is 0. The van der Waals surface area contributed by atoms with E-state index < -0.39 is 0 Å². The minimum atomic E-state index is 0.285. The maximum atomic E-state index is 9.94. The molecule has 0 saturated heterocycles. The third-order valence-corrected chi connectivity index (χ3v) is 4.00. The van der Waals surface area contributed by atoms with Crippen molar-refractivity contribution in [2.75, 3.05) is 7.11 Å². The Bertz CT molecular complexity index is 588. The van der Waals surface area contributed by atoms with Gasteiger partial charge in [-0.25, -0.2) is 0 Å². The molecular formula is C20H26O2. The van der Waals surface area contributed by atoms with Crippen LogP contribution >= 0.6 is 0 Å². The molecule has 0 spiro atoms. The van der Waals surface area contributed by atoms with Crippen LogP contribution in [-0.4, -0.2) is 12.2 Å². The molecule has 118 valence electrons. The second-order valence-corrected chi connectivity index (χ2v) is 6.20.